The molecule has 1 aromatic heterocycles. The lowest BCUT2D eigenvalue weighted by Crippen LogP contribution is -2.21. The molecule has 1 aliphatic rings. The van der Waals surface area contributed by atoms with Crippen molar-refractivity contribution in [1.82, 2.24) is 14.8 Å². The molecular formula is C22H22F3N3OS. The summed E-state index contributed by atoms with van der Waals surface area (Å²) in [5.74, 6) is 1.02. The molecule has 4 rings (SSSR count). The van der Waals surface area contributed by atoms with E-state index in [1.807, 2.05) is 31.2 Å². The molecule has 4 nitrogen and oxygen atoms in total. The minimum Gasteiger partial charge on any atom is -0.254 e. The highest BCUT2D eigenvalue weighted by Crippen LogP contribution is 2.40. The minimum atomic E-state index is -4.41. The molecule has 0 N–H and O–H groups in total. The lowest BCUT2D eigenvalue weighted by atomic mass is 9.88. The van der Waals surface area contributed by atoms with Gasteiger partial charge in [0, 0.05) is 29.5 Å². The summed E-state index contributed by atoms with van der Waals surface area (Å²) in [5, 5.41) is 4.49. The standard InChI is InChI=1S/C22H22F3N3OS/c1-15-8-10-16(11-9-15)30(29)14-12-20-26-21-18(6-4-13-28(21)27-20)17-5-2-3-7-19(17)22(23,24)25/h2-3,5,7-11,18H,4,6,12-14H2,1H3. The van der Waals surface area contributed by atoms with Crippen LogP contribution in [0.2, 0.25) is 0 Å². The second-order valence-electron chi connectivity index (χ2n) is 7.50. The third kappa shape index (κ3) is 4.33. The third-order valence-corrected chi connectivity index (χ3v) is 6.73. The van der Waals surface area contributed by atoms with Gasteiger partial charge in [-0.3, -0.25) is 4.21 Å². The molecule has 0 spiro atoms. The molecule has 0 fully saturated rings. The maximum absolute atomic E-state index is 13.5. The fourth-order valence-electron chi connectivity index (χ4n) is 3.85. The molecule has 0 aliphatic carbocycles. The second kappa shape index (κ2) is 8.34. The Balaban J connectivity index is 1.55. The summed E-state index contributed by atoms with van der Waals surface area (Å²) in [7, 11) is -1.18. The number of alkyl halides is 3. The summed E-state index contributed by atoms with van der Waals surface area (Å²) in [4.78, 5) is 5.31. The van der Waals surface area contributed by atoms with Gasteiger partial charge in [0.2, 0.25) is 0 Å². The van der Waals surface area contributed by atoms with Crippen LogP contribution in [0.25, 0.3) is 0 Å². The van der Waals surface area contributed by atoms with Gasteiger partial charge in [0.05, 0.1) is 16.4 Å². The Kier molecular flexibility index (Phi) is 5.77. The van der Waals surface area contributed by atoms with E-state index in [1.54, 1.807) is 10.7 Å². The van der Waals surface area contributed by atoms with Crippen molar-refractivity contribution >= 4 is 10.8 Å². The summed E-state index contributed by atoms with van der Waals surface area (Å²) in [6.45, 7) is 2.60. The van der Waals surface area contributed by atoms with Crippen LogP contribution in [0, 0.1) is 6.92 Å². The molecule has 0 saturated heterocycles. The van der Waals surface area contributed by atoms with Crippen LogP contribution in [0.4, 0.5) is 13.2 Å². The van der Waals surface area contributed by atoms with E-state index in [-0.39, 0.29) is 5.56 Å². The van der Waals surface area contributed by atoms with Crippen LogP contribution in [0.15, 0.2) is 53.4 Å². The molecule has 2 atom stereocenters. The number of aryl methyl sites for hydroxylation is 3. The van der Waals surface area contributed by atoms with Crippen LogP contribution >= 0.6 is 0 Å². The zero-order valence-corrected chi connectivity index (χ0v) is 17.3. The first-order valence-corrected chi connectivity index (χ1v) is 11.2. The highest BCUT2D eigenvalue weighted by atomic mass is 32.2. The molecule has 158 valence electrons. The number of hydrogen-bond acceptors (Lipinski definition) is 3. The van der Waals surface area contributed by atoms with Crippen molar-refractivity contribution in [3.05, 3.63) is 76.9 Å². The van der Waals surface area contributed by atoms with Crippen molar-refractivity contribution in [2.75, 3.05) is 5.75 Å². The Labute approximate surface area is 175 Å². The Morgan fingerprint density at radius 2 is 1.87 bits per heavy atom. The molecule has 8 heteroatoms. The number of hydrogen-bond donors (Lipinski definition) is 0. The van der Waals surface area contributed by atoms with Gasteiger partial charge in [0.15, 0.2) is 5.82 Å². The number of aromatic nitrogens is 3. The van der Waals surface area contributed by atoms with Gasteiger partial charge in [0.1, 0.15) is 5.82 Å². The van der Waals surface area contributed by atoms with Gasteiger partial charge in [-0.25, -0.2) is 9.67 Å². The van der Waals surface area contributed by atoms with E-state index >= 15 is 0 Å². The van der Waals surface area contributed by atoms with E-state index in [2.05, 4.69) is 10.1 Å². The van der Waals surface area contributed by atoms with Gasteiger partial charge in [-0.15, -0.1) is 0 Å². The van der Waals surface area contributed by atoms with Gasteiger partial charge in [-0.05, 0) is 43.5 Å². The van der Waals surface area contributed by atoms with Gasteiger partial charge in [-0.2, -0.15) is 18.3 Å². The van der Waals surface area contributed by atoms with Crippen molar-refractivity contribution in [2.45, 2.75) is 49.7 Å². The number of fused-ring (bicyclic) bond motifs is 1. The molecule has 2 heterocycles. The summed E-state index contributed by atoms with van der Waals surface area (Å²) in [6, 6.07) is 13.2. The fourth-order valence-corrected chi connectivity index (χ4v) is 4.89. The highest BCUT2D eigenvalue weighted by Gasteiger charge is 2.37. The number of nitrogens with zero attached hydrogens (tertiary/aromatic N) is 3. The molecule has 0 amide bonds. The maximum Gasteiger partial charge on any atom is 0.416 e. The Hall–Kier alpha value is -2.48. The van der Waals surface area contributed by atoms with E-state index in [4.69, 9.17) is 0 Å². The average Bonchev–Trinajstić information content (AvgIpc) is 3.15. The number of benzene rings is 2. The lowest BCUT2D eigenvalue weighted by Gasteiger charge is -2.25. The molecule has 0 bridgehead atoms. The van der Waals surface area contributed by atoms with Crippen LogP contribution in [-0.4, -0.2) is 24.7 Å². The van der Waals surface area contributed by atoms with E-state index in [1.165, 1.54) is 12.1 Å². The van der Waals surface area contributed by atoms with Crippen LogP contribution in [-0.2, 0) is 29.9 Å². The van der Waals surface area contributed by atoms with Crippen LogP contribution < -0.4 is 0 Å². The first-order chi connectivity index (χ1) is 14.3. The Morgan fingerprint density at radius 1 is 1.13 bits per heavy atom. The molecular weight excluding hydrogens is 411 g/mol. The maximum atomic E-state index is 13.5. The highest BCUT2D eigenvalue weighted by molar-refractivity contribution is 7.85. The molecule has 1 aliphatic heterocycles. The predicted octanol–water partition coefficient (Wildman–Crippen LogP) is 4.88. The van der Waals surface area contributed by atoms with Crippen LogP contribution in [0.5, 0.6) is 0 Å². The Morgan fingerprint density at radius 3 is 2.60 bits per heavy atom. The fraction of sp³-hybridized carbons (Fsp3) is 0.364. The minimum absolute atomic E-state index is 0.244. The number of halogens is 3. The smallest absolute Gasteiger partial charge is 0.254 e. The summed E-state index contributed by atoms with van der Waals surface area (Å²) in [6.07, 6.45) is -2.66. The van der Waals surface area contributed by atoms with Crippen molar-refractivity contribution in [2.24, 2.45) is 0 Å². The van der Waals surface area contributed by atoms with Gasteiger partial charge >= 0.3 is 6.18 Å². The second-order valence-corrected chi connectivity index (χ2v) is 9.07. The lowest BCUT2D eigenvalue weighted by molar-refractivity contribution is -0.138. The van der Waals surface area contributed by atoms with Crippen molar-refractivity contribution in [3.63, 3.8) is 0 Å². The molecule has 0 radical (unpaired) electrons. The van der Waals surface area contributed by atoms with E-state index in [9.17, 15) is 17.4 Å². The summed E-state index contributed by atoms with van der Waals surface area (Å²) in [5.41, 5.74) is 0.728. The molecule has 2 aromatic carbocycles. The SMILES string of the molecule is Cc1ccc(S(=O)CCc2nc3n(n2)CCCC3c2ccccc2C(F)(F)F)cc1. The summed E-state index contributed by atoms with van der Waals surface area (Å²) < 4.78 is 54.8. The monoisotopic (exact) mass is 433 g/mol. The largest absolute Gasteiger partial charge is 0.416 e. The number of rotatable bonds is 5. The predicted molar refractivity (Wildman–Crippen MR) is 109 cm³/mol. The van der Waals surface area contributed by atoms with E-state index < -0.39 is 28.5 Å². The van der Waals surface area contributed by atoms with Crippen molar-refractivity contribution in [3.8, 4) is 0 Å². The van der Waals surface area contributed by atoms with Crippen LogP contribution in [0.3, 0.4) is 0 Å². The average molecular weight is 433 g/mol. The topological polar surface area (TPSA) is 47.8 Å². The normalized spacial score (nSPS) is 17.5. The zero-order chi connectivity index (χ0) is 21.3. The third-order valence-electron chi connectivity index (χ3n) is 5.36. The first kappa shape index (κ1) is 20.8. The van der Waals surface area contributed by atoms with Gasteiger partial charge < -0.3 is 0 Å². The van der Waals surface area contributed by atoms with Crippen molar-refractivity contribution < 1.29 is 17.4 Å². The first-order valence-electron chi connectivity index (χ1n) is 9.87. The molecule has 0 saturated carbocycles. The van der Waals surface area contributed by atoms with E-state index in [0.29, 0.717) is 36.8 Å². The molecule has 2 unspecified atom stereocenters. The molecule has 3 aromatic rings. The quantitative estimate of drug-likeness (QED) is 0.576. The van der Waals surface area contributed by atoms with Crippen LogP contribution in [0.1, 0.15) is 47.1 Å². The summed E-state index contributed by atoms with van der Waals surface area (Å²) >= 11 is 0. The van der Waals surface area contributed by atoms with Crippen molar-refractivity contribution in [1.29, 1.82) is 0 Å². The Bertz CT molecular complexity index is 1060. The van der Waals surface area contributed by atoms with E-state index in [0.717, 1.165) is 22.9 Å². The van der Waals surface area contributed by atoms with Gasteiger partial charge in [-0.1, -0.05) is 35.9 Å². The molecule has 30 heavy (non-hydrogen) atoms. The zero-order valence-electron chi connectivity index (χ0n) is 16.5. The van der Waals surface area contributed by atoms with Gasteiger partial charge in [0.25, 0.3) is 0 Å².